The predicted octanol–water partition coefficient (Wildman–Crippen LogP) is -4.00. The third-order valence-corrected chi connectivity index (χ3v) is 9.06. The summed E-state index contributed by atoms with van der Waals surface area (Å²) < 4.78 is 108. The van der Waals surface area contributed by atoms with Crippen LogP contribution in [0.5, 0.6) is 0 Å². The molecule has 0 bridgehead atoms. The largest absolute Gasteiger partial charge is 1.00 e. The summed E-state index contributed by atoms with van der Waals surface area (Å²) in [5.74, 6) is -2.90. The van der Waals surface area contributed by atoms with Crippen molar-refractivity contribution in [2.24, 2.45) is 5.41 Å². The molecule has 188 valence electrons. The molecule has 0 rings (SSSR count). The summed E-state index contributed by atoms with van der Waals surface area (Å²) in [6.07, 6.45) is 1.76. The summed E-state index contributed by atoms with van der Waals surface area (Å²) in [7, 11) is -8.41. The Morgan fingerprint density at radius 3 is 1.82 bits per heavy atom. The van der Waals surface area contributed by atoms with E-state index in [4.69, 9.17) is 12.5 Å². The fourth-order valence-corrected chi connectivity index (χ4v) is 7.37. The van der Waals surface area contributed by atoms with E-state index in [1.807, 2.05) is 0 Å². The predicted molar refractivity (Wildman–Crippen MR) is 121 cm³/mol. The molecule has 0 heterocycles. The van der Waals surface area contributed by atoms with E-state index in [1.165, 1.54) is 0 Å². The van der Waals surface area contributed by atoms with Gasteiger partial charge in [-0.1, -0.05) is 19.7 Å². The van der Waals surface area contributed by atoms with E-state index < -0.39 is 94.0 Å². The van der Waals surface area contributed by atoms with Crippen LogP contribution in [0, 0.1) is 5.41 Å². The van der Waals surface area contributed by atoms with Crippen LogP contribution in [0.2, 0.25) is 0 Å². The van der Waals surface area contributed by atoms with E-state index in [0.717, 1.165) is 17.9 Å². The van der Waals surface area contributed by atoms with Gasteiger partial charge in [-0.2, -0.15) is 0 Å². The molecule has 0 fully saturated rings. The molecule has 0 spiro atoms. The van der Waals surface area contributed by atoms with Crippen LogP contribution in [0.4, 0.5) is 0 Å². The Labute approximate surface area is 224 Å². The van der Waals surface area contributed by atoms with E-state index in [-0.39, 0.29) is 42.6 Å². The third-order valence-electron chi connectivity index (χ3n) is 3.46. The molecule has 1 N–H and O–H groups in total. The standard InChI is InChI=1S/C15H27NO11S5.Na/c1-4-25-29(18)12-15(11-27-28(17)6-3,13-30(19)26-5-2)14-31(20,21)9-7-16-8-10-32(22,23)24;/h4-6,16H,1-3,7-14H2,(H,22,23,24);/q;+1/p-1. The number of hydrogen-bond acceptors (Lipinski definition) is 12. The first-order valence-electron chi connectivity index (χ1n) is 8.62. The van der Waals surface area contributed by atoms with Crippen molar-refractivity contribution in [3.05, 3.63) is 37.7 Å². The maximum atomic E-state index is 12.7. The molecule has 0 radical (unpaired) electrons. The zero-order valence-corrected chi connectivity index (χ0v) is 24.1. The van der Waals surface area contributed by atoms with Gasteiger partial charge in [0.1, 0.15) is 0 Å². The molecule has 0 aliphatic rings. The van der Waals surface area contributed by atoms with Crippen molar-refractivity contribution < 1.29 is 76.1 Å². The molecule has 18 heteroatoms. The molecule has 0 saturated heterocycles. The zero-order valence-electron chi connectivity index (χ0n) is 18.0. The fourth-order valence-electron chi connectivity index (χ4n) is 2.29. The molecule has 0 aliphatic heterocycles. The molecule has 0 saturated carbocycles. The second-order valence-electron chi connectivity index (χ2n) is 6.22. The van der Waals surface area contributed by atoms with Gasteiger partial charge in [-0.3, -0.25) is 4.18 Å². The van der Waals surface area contributed by atoms with Crippen molar-refractivity contribution >= 4 is 53.2 Å². The molecule has 3 atom stereocenters. The third kappa shape index (κ3) is 18.0. The molecule has 0 amide bonds. The summed E-state index contributed by atoms with van der Waals surface area (Å²) in [6, 6.07) is 0. The van der Waals surface area contributed by atoms with Crippen LogP contribution in [0.15, 0.2) is 37.7 Å². The van der Waals surface area contributed by atoms with Gasteiger partial charge in [-0.25, -0.2) is 29.5 Å². The van der Waals surface area contributed by atoms with Crippen LogP contribution >= 0.6 is 0 Å². The van der Waals surface area contributed by atoms with Gasteiger partial charge >= 0.3 is 29.6 Å². The van der Waals surface area contributed by atoms with E-state index in [1.54, 1.807) is 0 Å². The normalized spacial score (nSPS) is 16.3. The monoisotopic (exact) mass is 579 g/mol. The van der Waals surface area contributed by atoms with Gasteiger partial charge in [-0.15, -0.1) is 0 Å². The van der Waals surface area contributed by atoms with Crippen LogP contribution in [0.25, 0.3) is 0 Å². The molecule has 0 aromatic carbocycles. The van der Waals surface area contributed by atoms with Crippen molar-refractivity contribution in [2.75, 3.05) is 48.5 Å². The van der Waals surface area contributed by atoms with Crippen molar-refractivity contribution in [3.8, 4) is 0 Å². The number of nitrogens with one attached hydrogen (secondary N) is 1. The van der Waals surface area contributed by atoms with Gasteiger partial charge < -0.3 is 18.2 Å². The van der Waals surface area contributed by atoms with E-state index in [0.29, 0.717) is 0 Å². The Hall–Kier alpha value is 0.0500. The Bertz CT molecular complexity index is 897. The van der Waals surface area contributed by atoms with Gasteiger partial charge in [-0.05, 0) is 0 Å². The molecular formula is C15H26NNaO11S5. The topological polar surface area (TPSA) is 182 Å². The molecule has 0 aliphatic carbocycles. The minimum absolute atomic E-state index is 0. The van der Waals surface area contributed by atoms with Crippen LogP contribution in [0.1, 0.15) is 0 Å². The van der Waals surface area contributed by atoms with Crippen LogP contribution in [-0.2, 0) is 65.7 Å². The van der Waals surface area contributed by atoms with Crippen LogP contribution < -0.4 is 34.9 Å². The van der Waals surface area contributed by atoms with E-state index in [2.05, 4.69) is 25.1 Å². The smallest absolute Gasteiger partial charge is 0.748 e. The number of rotatable bonds is 20. The zero-order chi connectivity index (χ0) is 24.8. The van der Waals surface area contributed by atoms with Gasteiger partial charge in [0.25, 0.3) is 0 Å². The van der Waals surface area contributed by atoms with Crippen molar-refractivity contribution in [2.45, 2.75) is 0 Å². The summed E-state index contributed by atoms with van der Waals surface area (Å²) in [5, 5.41) is 3.46. The van der Waals surface area contributed by atoms with Crippen LogP contribution in [-0.4, -0.2) is 82.5 Å². The fraction of sp³-hybridized carbons (Fsp3) is 0.600. The van der Waals surface area contributed by atoms with Crippen molar-refractivity contribution in [3.63, 3.8) is 0 Å². The van der Waals surface area contributed by atoms with Gasteiger partial charge in [0.05, 0.1) is 58.0 Å². The number of sulfone groups is 1. The summed E-state index contributed by atoms with van der Waals surface area (Å²) >= 11 is -6.21. The SMILES string of the molecule is C=COS(=O)CC(COS(=O)C=C)(CS(=O)OC=C)CS(=O)(=O)CCNCCS(=O)(=O)[O-].[Na+]. The average molecular weight is 580 g/mol. The first-order valence-corrected chi connectivity index (χ1v) is 15.6. The molecule has 0 aromatic rings. The number of hydrogen-bond donors (Lipinski definition) is 1. The van der Waals surface area contributed by atoms with Crippen molar-refractivity contribution in [1.29, 1.82) is 0 Å². The quantitative estimate of drug-likeness (QED) is 0.0640. The Morgan fingerprint density at radius 2 is 1.39 bits per heavy atom. The summed E-state index contributed by atoms with van der Waals surface area (Å²) in [4.78, 5) is 0. The minimum atomic E-state index is -4.45. The summed E-state index contributed by atoms with van der Waals surface area (Å²) in [5.41, 5.74) is -1.63. The van der Waals surface area contributed by atoms with Gasteiger partial charge in [0.15, 0.2) is 20.9 Å². The Kier molecular flexibility index (Phi) is 18.6. The molecule has 33 heavy (non-hydrogen) atoms. The Morgan fingerprint density at radius 1 is 0.909 bits per heavy atom. The maximum absolute atomic E-state index is 12.7. The molecule has 12 nitrogen and oxygen atoms in total. The van der Waals surface area contributed by atoms with Gasteiger partial charge in [0, 0.05) is 23.9 Å². The first-order chi connectivity index (χ1) is 14.8. The van der Waals surface area contributed by atoms with E-state index in [9.17, 15) is 34.0 Å². The first kappa shape index (κ1) is 35.2. The van der Waals surface area contributed by atoms with Gasteiger partial charge in [0.2, 0.25) is 22.2 Å². The molecule has 3 unspecified atom stereocenters. The second-order valence-corrected chi connectivity index (χ2v) is 13.2. The van der Waals surface area contributed by atoms with E-state index >= 15 is 0 Å². The minimum Gasteiger partial charge on any atom is -0.748 e. The average Bonchev–Trinajstić information content (AvgIpc) is 2.64. The molecular weight excluding hydrogens is 553 g/mol. The summed E-state index contributed by atoms with van der Waals surface area (Å²) in [6.45, 7) is 8.81. The van der Waals surface area contributed by atoms with Crippen LogP contribution in [0.3, 0.4) is 0 Å². The Balaban J connectivity index is 0. The van der Waals surface area contributed by atoms with Crippen molar-refractivity contribution in [1.82, 2.24) is 5.32 Å². The molecule has 0 aromatic heterocycles. The maximum Gasteiger partial charge on any atom is 1.00 e. The second kappa shape index (κ2) is 17.5.